The predicted molar refractivity (Wildman–Crippen MR) is 94.0 cm³/mol. The summed E-state index contributed by atoms with van der Waals surface area (Å²) in [6.07, 6.45) is 17.4. The molecule has 1 heterocycles. The van der Waals surface area contributed by atoms with Crippen molar-refractivity contribution in [1.29, 1.82) is 0 Å². The standard InChI is InChI=1S/C7H13NO3.C6H13NO2.2C2H2/c1-2-6(9)8-5-3-4-7(10)11;1-4-6(7)5(8)2-3-9-4;2*1-2/h2-5H2,1H3,(H,8,9)(H,10,11);4-6,8H,2-3,7H2,1H3;2*1-2H/t;4-,5-,6+;;/m.1../s1. The molecule has 138 valence electrons. The Morgan fingerprint density at radius 3 is 2.21 bits per heavy atom. The monoisotopic (exact) mass is 342 g/mol. The third kappa shape index (κ3) is 16.3. The van der Waals surface area contributed by atoms with E-state index in [4.69, 9.17) is 20.7 Å². The summed E-state index contributed by atoms with van der Waals surface area (Å²) in [7, 11) is 0. The van der Waals surface area contributed by atoms with E-state index < -0.39 is 5.97 Å². The van der Waals surface area contributed by atoms with Crippen LogP contribution < -0.4 is 11.1 Å². The zero-order chi connectivity index (χ0) is 19.5. The summed E-state index contributed by atoms with van der Waals surface area (Å²) >= 11 is 0. The number of aliphatic hydroxyl groups excluding tert-OH is 1. The van der Waals surface area contributed by atoms with Gasteiger partial charge in [0.05, 0.1) is 18.2 Å². The number of ether oxygens (including phenoxy) is 1. The first-order chi connectivity index (χ1) is 11.4. The van der Waals surface area contributed by atoms with Crippen molar-refractivity contribution in [2.45, 2.75) is 57.8 Å². The number of aliphatic carboxylic acids is 1. The fraction of sp³-hybridized carbons (Fsp3) is 0.647. The SMILES string of the molecule is C#C.C#C.CCC(=O)NCCCC(=O)O.C[C@H]1OCC[C@@H](O)[C@H]1N. The molecular weight excluding hydrogens is 312 g/mol. The van der Waals surface area contributed by atoms with Crippen LogP contribution in [0.4, 0.5) is 0 Å². The fourth-order valence-corrected chi connectivity index (χ4v) is 1.58. The summed E-state index contributed by atoms with van der Waals surface area (Å²) in [5.41, 5.74) is 5.55. The first-order valence-corrected chi connectivity index (χ1v) is 7.58. The van der Waals surface area contributed by atoms with Crippen molar-refractivity contribution in [2.75, 3.05) is 13.2 Å². The Balaban J connectivity index is -0.000000307. The first kappa shape index (κ1) is 26.8. The molecule has 0 bridgehead atoms. The first-order valence-electron chi connectivity index (χ1n) is 7.58. The lowest BCUT2D eigenvalue weighted by Crippen LogP contribution is -2.48. The maximum absolute atomic E-state index is 10.6. The molecule has 0 aromatic carbocycles. The number of nitrogens with two attached hydrogens (primary N) is 1. The minimum atomic E-state index is -0.823. The van der Waals surface area contributed by atoms with Crippen LogP contribution in [0.5, 0.6) is 0 Å². The zero-order valence-electron chi connectivity index (χ0n) is 14.5. The van der Waals surface area contributed by atoms with Crippen molar-refractivity contribution in [3.05, 3.63) is 0 Å². The second kappa shape index (κ2) is 19.0. The molecule has 5 N–H and O–H groups in total. The van der Waals surface area contributed by atoms with Gasteiger partial charge in [-0.15, -0.1) is 25.7 Å². The van der Waals surface area contributed by atoms with Crippen molar-refractivity contribution < 1.29 is 24.5 Å². The number of hydrogen-bond donors (Lipinski definition) is 4. The number of carbonyl (C=O) groups is 2. The maximum atomic E-state index is 10.6. The average molecular weight is 342 g/mol. The number of rotatable bonds is 5. The molecular formula is C17H30N2O5. The highest BCUT2D eigenvalue weighted by atomic mass is 16.5. The molecule has 1 rings (SSSR count). The smallest absolute Gasteiger partial charge is 0.303 e. The van der Waals surface area contributed by atoms with Gasteiger partial charge in [0.2, 0.25) is 5.91 Å². The molecule has 7 nitrogen and oxygen atoms in total. The van der Waals surface area contributed by atoms with Crippen LogP contribution in [0.3, 0.4) is 0 Å². The molecule has 0 aliphatic carbocycles. The van der Waals surface area contributed by atoms with Crippen molar-refractivity contribution in [1.82, 2.24) is 5.32 Å². The summed E-state index contributed by atoms with van der Waals surface area (Å²) < 4.78 is 5.18. The molecule has 1 fully saturated rings. The van der Waals surface area contributed by atoms with Crippen LogP contribution in [0, 0.1) is 25.7 Å². The summed E-state index contributed by atoms with van der Waals surface area (Å²) in [4.78, 5) is 20.6. The lowest BCUT2D eigenvalue weighted by Gasteiger charge is -2.30. The number of carboxylic acid groups (broad SMARTS) is 1. The van der Waals surface area contributed by atoms with E-state index in [0.717, 1.165) is 0 Å². The largest absolute Gasteiger partial charge is 0.481 e. The van der Waals surface area contributed by atoms with E-state index in [2.05, 4.69) is 31.0 Å². The van der Waals surface area contributed by atoms with Gasteiger partial charge < -0.3 is 26.0 Å². The molecule has 1 amide bonds. The van der Waals surface area contributed by atoms with E-state index in [1.165, 1.54) is 0 Å². The van der Waals surface area contributed by atoms with E-state index in [9.17, 15) is 9.59 Å². The van der Waals surface area contributed by atoms with E-state index in [-0.39, 0.29) is 30.6 Å². The van der Waals surface area contributed by atoms with Gasteiger partial charge in [0.25, 0.3) is 0 Å². The number of terminal acetylenes is 2. The molecule has 0 aromatic rings. The van der Waals surface area contributed by atoms with Gasteiger partial charge in [-0.1, -0.05) is 6.92 Å². The van der Waals surface area contributed by atoms with Gasteiger partial charge in [0.15, 0.2) is 0 Å². The van der Waals surface area contributed by atoms with E-state index in [0.29, 0.717) is 32.4 Å². The van der Waals surface area contributed by atoms with Crippen LogP contribution in [0.2, 0.25) is 0 Å². The number of amides is 1. The number of carboxylic acids is 1. The number of carbonyl (C=O) groups excluding carboxylic acids is 1. The summed E-state index contributed by atoms with van der Waals surface area (Å²) in [5.74, 6) is -0.855. The molecule has 0 aromatic heterocycles. The average Bonchev–Trinajstić information content (AvgIpc) is 2.60. The minimum Gasteiger partial charge on any atom is -0.481 e. The molecule has 0 radical (unpaired) electrons. The normalized spacial score (nSPS) is 21.2. The van der Waals surface area contributed by atoms with Gasteiger partial charge in [0.1, 0.15) is 0 Å². The highest BCUT2D eigenvalue weighted by molar-refractivity contribution is 5.75. The van der Waals surface area contributed by atoms with Crippen LogP contribution in [0.1, 0.15) is 39.5 Å². The molecule has 24 heavy (non-hydrogen) atoms. The lowest BCUT2D eigenvalue weighted by molar-refractivity contribution is -0.137. The van der Waals surface area contributed by atoms with Crippen LogP contribution in [-0.4, -0.2) is 53.5 Å². The molecule has 1 aliphatic heterocycles. The number of nitrogens with one attached hydrogen (secondary N) is 1. The lowest BCUT2D eigenvalue weighted by atomic mass is 10.0. The Morgan fingerprint density at radius 1 is 1.29 bits per heavy atom. The van der Waals surface area contributed by atoms with Gasteiger partial charge in [0, 0.05) is 26.0 Å². The highest BCUT2D eigenvalue weighted by Crippen LogP contribution is 2.11. The van der Waals surface area contributed by atoms with E-state index in [1.54, 1.807) is 6.92 Å². The third-order valence-corrected chi connectivity index (χ3v) is 2.99. The number of aliphatic hydroxyl groups is 1. The molecule has 7 heteroatoms. The van der Waals surface area contributed by atoms with Crippen molar-refractivity contribution in [3.8, 4) is 25.7 Å². The zero-order valence-corrected chi connectivity index (χ0v) is 14.5. The van der Waals surface area contributed by atoms with E-state index in [1.807, 2.05) is 6.92 Å². The van der Waals surface area contributed by atoms with Crippen LogP contribution >= 0.6 is 0 Å². The van der Waals surface area contributed by atoms with Gasteiger partial charge in [-0.25, -0.2) is 0 Å². The Kier molecular flexibility index (Phi) is 21.2. The van der Waals surface area contributed by atoms with Crippen molar-refractivity contribution >= 4 is 11.9 Å². The number of hydrogen-bond acceptors (Lipinski definition) is 5. The Bertz CT molecular complexity index is 352. The van der Waals surface area contributed by atoms with Crippen molar-refractivity contribution in [2.24, 2.45) is 5.73 Å². The van der Waals surface area contributed by atoms with Crippen molar-refractivity contribution in [3.63, 3.8) is 0 Å². The predicted octanol–water partition coefficient (Wildman–Crippen LogP) is 0.360. The van der Waals surface area contributed by atoms with Crippen LogP contribution in [-0.2, 0) is 14.3 Å². The summed E-state index contributed by atoms with van der Waals surface area (Å²) in [5, 5.41) is 20.0. The second-order valence-corrected chi connectivity index (χ2v) is 4.71. The Labute approximate surface area is 145 Å². The van der Waals surface area contributed by atoms with E-state index >= 15 is 0 Å². The minimum absolute atomic E-state index is 0.00810. The van der Waals surface area contributed by atoms with Gasteiger partial charge in [-0.05, 0) is 19.8 Å². The molecule has 1 saturated heterocycles. The summed E-state index contributed by atoms with van der Waals surface area (Å²) in [6, 6.07) is -0.196. The quantitative estimate of drug-likeness (QED) is 0.423. The van der Waals surface area contributed by atoms with Crippen LogP contribution in [0.15, 0.2) is 0 Å². The molecule has 0 spiro atoms. The molecule has 3 atom stereocenters. The third-order valence-electron chi connectivity index (χ3n) is 2.99. The second-order valence-electron chi connectivity index (χ2n) is 4.71. The Morgan fingerprint density at radius 2 is 1.83 bits per heavy atom. The summed E-state index contributed by atoms with van der Waals surface area (Å²) in [6.45, 7) is 4.73. The fourth-order valence-electron chi connectivity index (χ4n) is 1.58. The van der Waals surface area contributed by atoms with Crippen LogP contribution in [0.25, 0.3) is 0 Å². The molecule has 1 aliphatic rings. The van der Waals surface area contributed by atoms with Gasteiger partial charge in [-0.3, -0.25) is 9.59 Å². The maximum Gasteiger partial charge on any atom is 0.303 e. The topological polar surface area (TPSA) is 122 Å². The van der Waals surface area contributed by atoms with Gasteiger partial charge in [-0.2, -0.15) is 0 Å². The highest BCUT2D eigenvalue weighted by Gasteiger charge is 2.25. The molecule has 0 unspecified atom stereocenters. The van der Waals surface area contributed by atoms with Gasteiger partial charge >= 0.3 is 5.97 Å². The Hall–Kier alpha value is -2.06. The molecule has 0 saturated carbocycles.